The van der Waals surface area contributed by atoms with E-state index in [1.54, 1.807) is 22.4 Å². The fourth-order valence-corrected chi connectivity index (χ4v) is 5.17. The summed E-state index contributed by atoms with van der Waals surface area (Å²) in [6, 6.07) is 18.3. The number of carbonyl (C=O) groups is 1. The maximum atomic E-state index is 15.3. The summed E-state index contributed by atoms with van der Waals surface area (Å²) in [5.74, 6) is -1.66. The zero-order valence-electron chi connectivity index (χ0n) is 22.9. The molecule has 0 bridgehead atoms. The summed E-state index contributed by atoms with van der Waals surface area (Å²) in [5, 5.41) is 21.3. The van der Waals surface area contributed by atoms with E-state index in [9.17, 15) is 9.90 Å². The van der Waals surface area contributed by atoms with Crippen LogP contribution in [0.4, 0.5) is 4.39 Å². The smallest absolute Gasteiger partial charge is 0.251 e. The van der Waals surface area contributed by atoms with Crippen LogP contribution in [-0.4, -0.2) is 37.2 Å². The summed E-state index contributed by atoms with van der Waals surface area (Å²) in [5.41, 5.74) is 10.5. The molecule has 1 amide bonds. The zero-order valence-corrected chi connectivity index (χ0v) is 22.9. The Kier molecular flexibility index (Phi) is 7.40. The molecule has 3 aromatic carbocycles. The highest BCUT2D eigenvalue weighted by atomic mass is 19.1. The van der Waals surface area contributed by atoms with Crippen LogP contribution in [0.2, 0.25) is 0 Å². The maximum Gasteiger partial charge on any atom is 0.251 e. The van der Waals surface area contributed by atoms with Crippen LogP contribution in [0.5, 0.6) is 5.75 Å². The van der Waals surface area contributed by atoms with Crippen molar-refractivity contribution >= 4 is 16.8 Å². The molecule has 3 N–H and O–H groups in total. The lowest BCUT2D eigenvalue weighted by atomic mass is 9.95. The monoisotopic (exact) mass is 541 g/mol. The third-order valence-electron chi connectivity index (χ3n) is 7.00. The van der Waals surface area contributed by atoms with Gasteiger partial charge in [-0.25, -0.2) is 9.07 Å². The quantitative estimate of drug-likeness (QED) is 0.249. The Balaban J connectivity index is 1.64. The van der Waals surface area contributed by atoms with Gasteiger partial charge in [-0.05, 0) is 43.5 Å². The molecule has 5 aromatic rings. The predicted molar refractivity (Wildman–Crippen MR) is 152 cm³/mol. The number of ether oxygens (including phenoxy) is 1. The average molecular weight is 542 g/mol. The number of primary amides is 1. The van der Waals surface area contributed by atoms with E-state index >= 15 is 4.39 Å². The number of benzene rings is 3. The van der Waals surface area contributed by atoms with Crippen molar-refractivity contribution in [3.63, 3.8) is 0 Å². The molecule has 2 aromatic heterocycles. The van der Waals surface area contributed by atoms with Gasteiger partial charge in [0, 0.05) is 28.4 Å². The topological polar surface area (TPSA) is 108 Å². The number of carbonyl (C=O) groups excluding carboxylic acids is 1. The van der Waals surface area contributed by atoms with E-state index < -0.39 is 17.8 Å². The standard InChI is InChI=1S/C31H32FN5O3/c1-5-40-30-25(15-14-22(28(30)32)31(33)39)37-19(4)27(18(2)3)29(35-37)21-12-9-13-24-23(21)16-36(34-24)17-26(38)20-10-7-6-8-11-20/h6-16,18,26,38H,5,17H2,1-4H3,(H2,33,39). The molecule has 2 heterocycles. The van der Waals surface area contributed by atoms with Crippen LogP contribution in [0.25, 0.3) is 27.8 Å². The van der Waals surface area contributed by atoms with Crippen LogP contribution in [0.1, 0.15) is 60.0 Å². The van der Waals surface area contributed by atoms with E-state index in [1.807, 2.05) is 61.7 Å². The van der Waals surface area contributed by atoms with E-state index in [-0.39, 0.29) is 23.8 Å². The number of hydrogen-bond donors (Lipinski definition) is 2. The fourth-order valence-electron chi connectivity index (χ4n) is 5.17. The molecule has 0 saturated carbocycles. The Morgan fingerprint density at radius 3 is 2.50 bits per heavy atom. The molecule has 0 aliphatic heterocycles. The second-order valence-corrected chi connectivity index (χ2v) is 10.0. The molecule has 0 radical (unpaired) electrons. The third kappa shape index (κ3) is 4.84. The van der Waals surface area contributed by atoms with Crippen molar-refractivity contribution in [1.29, 1.82) is 0 Å². The molecular weight excluding hydrogens is 509 g/mol. The van der Waals surface area contributed by atoms with E-state index in [4.69, 9.17) is 20.7 Å². The number of halogens is 1. The summed E-state index contributed by atoms with van der Waals surface area (Å²) in [6.07, 6.45) is 1.21. The normalized spacial score (nSPS) is 12.3. The lowest BCUT2D eigenvalue weighted by molar-refractivity contribution is 0.0995. The predicted octanol–water partition coefficient (Wildman–Crippen LogP) is 5.69. The number of rotatable bonds is 9. The van der Waals surface area contributed by atoms with E-state index in [1.165, 1.54) is 6.07 Å². The molecule has 0 spiro atoms. The summed E-state index contributed by atoms with van der Waals surface area (Å²) in [4.78, 5) is 11.8. The molecular formula is C31H32FN5O3. The zero-order chi connectivity index (χ0) is 28.6. The molecule has 5 rings (SSSR count). The van der Waals surface area contributed by atoms with Gasteiger partial charge in [0.1, 0.15) is 5.69 Å². The van der Waals surface area contributed by atoms with Crippen LogP contribution < -0.4 is 10.5 Å². The molecule has 8 nitrogen and oxygen atoms in total. The van der Waals surface area contributed by atoms with Crippen molar-refractivity contribution in [3.05, 3.63) is 95.1 Å². The molecule has 0 saturated heterocycles. The number of fused-ring (bicyclic) bond motifs is 1. The summed E-state index contributed by atoms with van der Waals surface area (Å²) < 4.78 is 24.4. The minimum atomic E-state index is -0.869. The molecule has 206 valence electrons. The van der Waals surface area contributed by atoms with Crippen LogP contribution in [0.3, 0.4) is 0 Å². The summed E-state index contributed by atoms with van der Waals surface area (Å²) in [7, 11) is 0. The second kappa shape index (κ2) is 10.9. The van der Waals surface area contributed by atoms with Crippen LogP contribution in [0.15, 0.2) is 66.9 Å². The number of aliphatic hydroxyl groups is 1. The Bertz CT molecular complexity index is 1690. The molecule has 0 aliphatic rings. The van der Waals surface area contributed by atoms with Crippen molar-refractivity contribution in [3.8, 4) is 22.7 Å². The highest BCUT2D eigenvalue weighted by Crippen LogP contribution is 2.38. The largest absolute Gasteiger partial charge is 0.489 e. The minimum absolute atomic E-state index is 0.0767. The van der Waals surface area contributed by atoms with Gasteiger partial charge in [0.25, 0.3) is 5.91 Å². The average Bonchev–Trinajstić information content (AvgIpc) is 3.50. The Labute approximate surface area is 231 Å². The first-order valence-corrected chi connectivity index (χ1v) is 13.3. The number of aromatic nitrogens is 4. The van der Waals surface area contributed by atoms with Gasteiger partial charge >= 0.3 is 0 Å². The lowest BCUT2D eigenvalue weighted by Crippen LogP contribution is -2.15. The third-order valence-corrected chi connectivity index (χ3v) is 7.00. The van der Waals surface area contributed by atoms with Crippen LogP contribution >= 0.6 is 0 Å². The van der Waals surface area contributed by atoms with Crippen LogP contribution in [0, 0.1) is 12.7 Å². The number of nitrogens with zero attached hydrogens (tertiary/aromatic N) is 4. The highest BCUT2D eigenvalue weighted by molar-refractivity contribution is 5.95. The first-order valence-electron chi connectivity index (χ1n) is 13.3. The van der Waals surface area contributed by atoms with Gasteiger partial charge in [-0.1, -0.05) is 56.3 Å². The summed E-state index contributed by atoms with van der Waals surface area (Å²) in [6.45, 7) is 8.33. The van der Waals surface area contributed by atoms with Crippen molar-refractivity contribution < 1.29 is 19.0 Å². The van der Waals surface area contributed by atoms with Crippen molar-refractivity contribution in [2.24, 2.45) is 5.73 Å². The van der Waals surface area contributed by atoms with Gasteiger partial charge in [-0.3, -0.25) is 9.48 Å². The first kappa shape index (κ1) is 27.1. The number of nitrogens with two attached hydrogens (primary N) is 1. The van der Waals surface area contributed by atoms with Gasteiger partial charge in [-0.15, -0.1) is 0 Å². The van der Waals surface area contributed by atoms with Gasteiger partial charge in [0.05, 0.1) is 36.0 Å². The molecule has 0 fully saturated rings. The number of hydrogen-bond acceptors (Lipinski definition) is 5. The first-order chi connectivity index (χ1) is 19.2. The van der Waals surface area contributed by atoms with E-state index in [2.05, 4.69) is 13.8 Å². The molecule has 9 heteroatoms. The lowest BCUT2D eigenvalue weighted by Gasteiger charge is -2.14. The van der Waals surface area contributed by atoms with Crippen LogP contribution in [-0.2, 0) is 6.54 Å². The van der Waals surface area contributed by atoms with Crippen molar-refractivity contribution in [2.45, 2.75) is 46.3 Å². The Hall–Kier alpha value is -4.50. The number of amides is 1. The fraction of sp³-hybridized carbons (Fsp3) is 0.258. The van der Waals surface area contributed by atoms with Gasteiger partial charge < -0.3 is 15.6 Å². The minimum Gasteiger partial charge on any atom is -0.489 e. The Morgan fingerprint density at radius 1 is 1.07 bits per heavy atom. The molecule has 1 unspecified atom stereocenters. The van der Waals surface area contributed by atoms with Gasteiger partial charge in [0.15, 0.2) is 11.6 Å². The molecule has 40 heavy (non-hydrogen) atoms. The van der Waals surface area contributed by atoms with E-state index in [0.29, 0.717) is 12.2 Å². The van der Waals surface area contributed by atoms with Gasteiger partial charge in [0.2, 0.25) is 0 Å². The van der Waals surface area contributed by atoms with Gasteiger partial charge in [-0.2, -0.15) is 10.2 Å². The maximum absolute atomic E-state index is 15.3. The molecule has 0 aliphatic carbocycles. The summed E-state index contributed by atoms with van der Waals surface area (Å²) >= 11 is 0. The van der Waals surface area contributed by atoms with Crippen molar-refractivity contribution in [2.75, 3.05) is 6.61 Å². The Morgan fingerprint density at radius 2 is 1.82 bits per heavy atom. The highest BCUT2D eigenvalue weighted by Gasteiger charge is 2.26. The molecule has 1 atom stereocenters. The second-order valence-electron chi connectivity index (χ2n) is 10.0. The number of aliphatic hydroxyl groups excluding tert-OH is 1. The van der Waals surface area contributed by atoms with Crippen molar-refractivity contribution in [1.82, 2.24) is 19.6 Å². The SMILES string of the molecule is CCOc1c(-n2nc(-c3cccc4nn(CC(O)c5ccccc5)cc34)c(C(C)C)c2C)ccc(C(N)=O)c1F. The van der Waals surface area contributed by atoms with E-state index in [0.717, 1.165) is 39.0 Å².